The van der Waals surface area contributed by atoms with E-state index in [1.165, 1.54) is 13.2 Å². The van der Waals surface area contributed by atoms with Crippen molar-refractivity contribution >= 4 is 41.3 Å². The zero-order valence-corrected chi connectivity index (χ0v) is 24.3. The van der Waals surface area contributed by atoms with Crippen LogP contribution in [-0.2, 0) is 11.2 Å². The second-order valence-corrected chi connectivity index (χ2v) is 10.4. The van der Waals surface area contributed by atoms with E-state index < -0.39 is 5.82 Å². The minimum Gasteiger partial charge on any atom is -0.496 e. The van der Waals surface area contributed by atoms with Crippen molar-refractivity contribution in [1.29, 1.82) is 0 Å². The number of carbonyl (C=O) groups excluding carboxylic acids is 1. The van der Waals surface area contributed by atoms with Crippen LogP contribution in [0.25, 0.3) is 22.5 Å². The van der Waals surface area contributed by atoms with Gasteiger partial charge in [0.15, 0.2) is 5.82 Å². The number of fused-ring (bicyclic) bond motifs is 1. The van der Waals surface area contributed by atoms with Gasteiger partial charge < -0.3 is 25.6 Å². The van der Waals surface area contributed by atoms with E-state index in [9.17, 15) is 9.18 Å². The number of methoxy groups -OCH3 is 1. The van der Waals surface area contributed by atoms with Crippen LogP contribution in [0.1, 0.15) is 24.8 Å². The largest absolute Gasteiger partial charge is 0.496 e. The Morgan fingerprint density at radius 3 is 2.74 bits per heavy atom. The maximum absolute atomic E-state index is 14.7. The lowest BCUT2D eigenvalue weighted by Crippen LogP contribution is -2.43. The van der Waals surface area contributed by atoms with Gasteiger partial charge >= 0.3 is 0 Å². The van der Waals surface area contributed by atoms with Gasteiger partial charge in [-0.15, -0.1) is 12.4 Å². The number of aryl methyl sites for hydroxylation is 1. The van der Waals surface area contributed by atoms with Gasteiger partial charge in [0.25, 0.3) is 0 Å². The first-order valence-electron chi connectivity index (χ1n) is 13.7. The van der Waals surface area contributed by atoms with Crippen LogP contribution in [0.5, 0.6) is 5.75 Å². The molecule has 2 aliphatic rings. The lowest BCUT2D eigenvalue weighted by molar-refractivity contribution is -0.118. The smallest absolute Gasteiger partial charge is 0.227 e. The first kappa shape index (κ1) is 29.2. The van der Waals surface area contributed by atoms with E-state index in [1.807, 2.05) is 31.4 Å². The molecule has 42 heavy (non-hydrogen) atoms. The van der Waals surface area contributed by atoms with E-state index in [2.05, 4.69) is 26.3 Å². The van der Waals surface area contributed by atoms with E-state index in [0.29, 0.717) is 30.2 Å². The highest BCUT2D eigenvalue weighted by Crippen LogP contribution is 2.38. The maximum Gasteiger partial charge on any atom is 0.227 e. The van der Waals surface area contributed by atoms with Crippen molar-refractivity contribution in [3.05, 3.63) is 72.3 Å². The molecule has 0 unspecified atom stereocenters. The fourth-order valence-corrected chi connectivity index (χ4v) is 5.62. The Morgan fingerprint density at radius 1 is 1.07 bits per heavy atom. The molecule has 218 valence electrons. The monoisotopic (exact) mass is 589 g/mol. The molecule has 0 radical (unpaired) electrons. The van der Waals surface area contributed by atoms with E-state index in [-0.39, 0.29) is 35.7 Å². The average Bonchev–Trinajstić information content (AvgIpc) is 2.99. The molecule has 3 N–H and O–H groups in total. The van der Waals surface area contributed by atoms with Crippen LogP contribution in [0.4, 0.5) is 27.4 Å². The number of aromatic nitrogens is 3. The van der Waals surface area contributed by atoms with E-state index in [4.69, 9.17) is 15.5 Å². The number of benzene rings is 2. The highest BCUT2D eigenvalue weighted by molar-refractivity contribution is 5.96. The number of rotatable bonds is 6. The van der Waals surface area contributed by atoms with Gasteiger partial charge in [-0.3, -0.25) is 4.79 Å². The first-order chi connectivity index (χ1) is 19.9. The SMILES string of the molecule is COc1cccc(F)c1-c1nccc(Nc2cc(N3CCC[C@H](N)C3)c(-c3ccc4c(c3)CCC(=O)N4C)cn2)n1.Cl. The van der Waals surface area contributed by atoms with E-state index in [0.717, 1.165) is 54.0 Å². The highest BCUT2D eigenvalue weighted by atomic mass is 35.5. The molecule has 2 aromatic heterocycles. The Morgan fingerprint density at radius 2 is 1.93 bits per heavy atom. The molecule has 0 aliphatic carbocycles. The van der Waals surface area contributed by atoms with Gasteiger partial charge in [-0.25, -0.2) is 19.3 Å². The predicted octanol–water partition coefficient (Wildman–Crippen LogP) is 5.36. The van der Waals surface area contributed by atoms with Crippen molar-refractivity contribution in [3.8, 4) is 28.3 Å². The molecule has 0 saturated carbocycles. The molecule has 9 nitrogen and oxygen atoms in total. The van der Waals surface area contributed by atoms with Crippen LogP contribution in [0.2, 0.25) is 0 Å². The number of piperidine rings is 1. The summed E-state index contributed by atoms with van der Waals surface area (Å²) in [5, 5.41) is 3.27. The number of nitrogens with zero attached hydrogens (tertiary/aromatic N) is 5. The fourth-order valence-electron chi connectivity index (χ4n) is 5.62. The van der Waals surface area contributed by atoms with E-state index >= 15 is 0 Å². The molecule has 2 aliphatic heterocycles. The third kappa shape index (κ3) is 5.73. The quantitative estimate of drug-likeness (QED) is 0.310. The number of hydrogen-bond acceptors (Lipinski definition) is 8. The number of amides is 1. The molecule has 11 heteroatoms. The molecule has 4 aromatic rings. The van der Waals surface area contributed by atoms with Crippen LogP contribution in [-0.4, -0.2) is 54.1 Å². The summed E-state index contributed by atoms with van der Waals surface area (Å²) in [6, 6.07) is 14.6. The third-order valence-electron chi connectivity index (χ3n) is 7.75. The second kappa shape index (κ2) is 12.3. The zero-order chi connectivity index (χ0) is 28.5. The van der Waals surface area contributed by atoms with Gasteiger partial charge in [-0.2, -0.15) is 0 Å². The van der Waals surface area contributed by atoms with Gasteiger partial charge in [-0.05, 0) is 60.7 Å². The summed E-state index contributed by atoms with van der Waals surface area (Å²) in [6.45, 7) is 1.63. The molecule has 0 bridgehead atoms. The summed E-state index contributed by atoms with van der Waals surface area (Å²) in [4.78, 5) is 29.8. The van der Waals surface area contributed by atoms with E-state index in [1.54, 1.807) is 29.3 Å². The van der Waals surface area contributed by atoms with Crippen molar-refractivity contribution in [2.24, 2.45) is 5.73 Å². The molecule has 1 fully saturated rings. The summed E-state index contributed by atoms with van der Waals surface area (Å²) in [5.41, 5.74) is 11.7. The number of halogens is 2. The normalized spacial score (nSPS) is 16.5. The van der Waals surface area contributed by atoms with Crippen LogP contribution >= 0.6 is 12.4 Å². The number of carbonyl (C=O) groups is 1. The molecule has 1 atom stereocenters. The second-order valence-electron chi connectivity index (χ2n) is 10.4. The molecular weight excluding hydrogens is 557 g/mol. The number of anilines is 4. The van der Waals surface area contributed by atoms with Gasteiger partial charge in [-0.1, -0.05) is 12.1 Å². The Balaban J connectivity index is 0.00000353. The van der Waals surface area contributed by atoms with Crippen molar-refractivity contribution in [2.45, 2.75) is 31.7 Å². The molecule has 0 spiro atoms. The van der Waals surface area contributed by atoms with Crippen molar-refractivity contribution in [3.63, 3.8) is 0 Å². The van der Waals surface area contributed by atoms with Crippen LogP contribution < -0.4 is 25.6 Å². The fraction of sp³-hybridized carbons (Fsp3) is 0.290. The number of nitrogens with two attached hydrogens (primary N) is 1. The summed E-state index contributed by atoms with van der Waals surface area (Å²) in [5.74, 6) is 1.30. The number of nitrogens with one attached hydrogen (secondary N) is 1. The topological polar surface area (TPSA) is 109 Å². The Labute approximate surface area is 250 Å². The van der Waals surface area contributed by atoms with Crippen molar-refractivity contribution < 1.29 is 13.9 Å². The lowest BCUT2D eigenvalue weighted by Gasteiger charge is -2.34. The Hall–Kier alpha value is -4.28. The summed E-state index contributed by atoms with van der Waals surface area (Å²) < 4.78 is 20.0. The van der Waals surface area contributed by atoms with Gasteiger partial charge in [0.2, 0.25) is 5.91 Å². The van der Waals surface area contributed by atoms with Gasteiger partial charge in [0, 0.05) is 68.0 Å². The zero-order valence-electron chi connectivity index (χ0n) is 23.5. The Bertz CT molecular complexity index is 1620. The molecule has 6 rings (SSSR count). The summed E-state index contributed by atoms with van der Waals surface area (Å²) in [7, 11) is 3.31. The van der Waals surface area contributed by atoms with Gasteiger partial charge in [0.05, 0.1) is 12.7 Å². The number of ether oxygens (including phenoxy) is 1. The average molecular weight is 590 g/mol. The van der Waals surface area contributed by atoms with Crippen LogP contribution in [0.3, 0.4) is 0 Å². The molecular formula is C31H33ClFN7O2. The first-order valence-corrected chi connectivity index (χ1v) is 13.7. The third-order valence-corrected chi connectivity index (χ3v) is 7.75. The summed E-state index contributed by atoms with van der Waals surface area (Å²) in [6.07, 6.45) is 6.64. The predicted molar refractivity (Wildman–Crippen MR) is 165 cm³/mol. The van der Waals surface area contributed by atoms with Crippen molar-refractivity contribution in [2.75, 3.05) is 42.4 Å². The van der Waals surface area contributed by atoms with Crippen LogP contribution in [0.15, 0.2) is 60.9 Å². The van der Waals surface area contributed by atoms with Gasteiger partial charge in [0.1, 0.15) is 23.2 Å². The molecule has 4 heterocycles. The molecule has 1 saturated heterocycles. The lowest BCUT2D eigenvalue weighted by atomic mass is 9.95. The maximum atomic E-state index is 14.7. The molecule has 1 amide bonds. The highest BCUT2D eigenvalue weighted by Gasteiger charge is 2.24. The van der Waals surface area contributed by atoms with Crippen molar-refractivity contribution in [1.82, 2.24) is 15.0 Å². The van der Waals surface area contributed by atoms with Crippen LogP contribution in [0, 0.1) is 5.82 Å². The Kier molecular flexibility index (Phi) is 8.56. The number of hydrogen-bond donors (Lipinski definition) is 2. The minimum absolute atomic E-state index is 0. The minimum atomic E-state index is -0.465. The summed E-state index contributed by atoms with van der Waals surface area (Å²) >= 11 is 0. The number of pyridine rings is 1. The molecule has 2 aromatic carbocycles. The standard InChI is InChI=1S/C31H32FN7O2.ClH/c1-38-24-10-8-19(15-20(24)9-11-29(38)40)22-17-35-28(16-25(22)39-14-4-5-21(33)18-39)36-27-12-13-34-31(37-27)30-23(32)6-3-7-26(30)41-2;/h3,6-8,10,12-13,15-17,21H,4-5,9,11,14,18,33H2,1-2H3,(H,34,35,36,37);1H/t21-;/m0./s1.